The van der Waals surface area contributed by atoms with Gasteiger partial charge >= 0.3 is 0 Å². The molecule has 0 aliphatic rings. The highest BCUT2D eigenvalue weighted by Gasteiger charge is 2.34. The largest absolute Gasteiger partial charge is 0.497 e. The number of rotatable bonds is 10. The second-order valence-electron chi connectivity index (χ2n) is 7.10. The van der Waals surface area contributed by atoms with Gasteiger partial charge in [0.05, 0.1) is 13.7 Å². The van der Waals surface area contributed by atoms with Crippen molar-refractivity contribution >= 4 is 0 Å². The Bertz CT molecular complexity index is 759. The first-order valence-electron chi connectivity index (χ1n) is 9.30. The minimum atomic E-state index is -1.33. The third-order valence-electron chi connectivity index (χ3n) is 4.74. The maximum absolute atomic E-state index is 11.0. The van der Waals surface area contributed by atoms with E-state index >= 15 is 0 Å². The van der Waals surface area contributed by atoms with Crippen LogP contribution in [0.1, 0.15) is 44.3 Å². The summed E-state index contributed by atoms with van der Waals surface area (Å²) in [5, 5.41) is 11.0. The van der Waals surface area contributed by atoms with E-state index in [0.717, 1.165) is 31.0 Å². The highest BCUT2D eigenvalue weighted by atomic mass is 16.5. The SMILES string of the molecule is C=C(C)C(O)(C(=C)C)c1ccc(CN(CCC)Cc2ccc(OC)cc2)o1. The van der Waals surface area contributed by atoms with E-state index in [1.807, 2.05) is 24.3 Å². The number of nitrogens with zero attached hydrogens (tertiary/aromatic N) is 1. The smallest absolute Gasteiger partial charge is 0.163 e. The molecule has 0 fully saturated rings. The van der Waals surface area contributed by atoms with Gasteiger partial charge in [-0.05, 0) is 67.8 Å². The molecule has 1 N–H and O–H groups in total. The number of aliphatic hydroxyl groups is 1. The molecule has 0 saturated carbocycles. The maximum atomic E-state index is 11.0. The lowest BCUT2D eigenvalue weighted by molar-refractivity contribution is 0.0878. The Labute approximate surface area is 162 Å². The molecule has 0 aliphatic carbocycles. The fraction of sp³-hybridized carbons (Fsp3) is 0.391. The monoisotopic (exact) mass is 369 g/mol. The number of hydrogen-bond acceptors (Lipinski definition) is 4. The Kier molecular flexibility index (Phi) is 7.05. The molecule has 0 aliphatic heterocycles. The van der Waals surface area contributed by atoms with Gasteiger partial charge in [-0.1, -0.05) is 32.2 Å². The molecule has 0 spiro atoms. The summed E-state index contributed by atoms with van der Waals surface area (Å²) in [6, 6.07) is 11.8. The van der Waals surface area contributed by atoms with Crippen LogP contribution in [0.5, 0.6) is 5.75 Å². The van der Waals surface area contributed by atoms with Gasteiger partial charge in [0.15, 0.2) is 5.60 Å². The molecule has 4 heteroatoms. The highest BCUT2D eigenvalue weighted by molar-refractivity contribution is 5.35. The Hall–Kier alpha value is -2.30. The predicted octanol–water partition coefficient (Wildman–Crippen LogP) is 5.04. The molecule has 0 unspecified atom stereocenters. The molecule has 0 bridgehead atoms. The minimum absolute atomic E-state index is 0.471. The van der Waals surface area contributed by atoms with Crippen LogP contribution < -0.4 is 4.74 Å². The van der Waals surface area contributed by atoms with Crippen LogP contribution >= 0.6 is 0 Å². The molecule has 27 heavy (non-hydrogen) atoms. The lowest BCUT2D eigenvalue weighted by atomic mass is 9.87. The summed E-state index contributed by atoms with van der Waals surface area (Å²) in [4.78, 5) is 2.32. The minimum Gasteiger partial charge on any atom is -0.497 e. The van der Waals surface area contributed by atoms with Gasteiger partial charge in [0.1, 0.15) is 17.3 Å². The normalized spacial score (nSPS) is 11.6. The van der Waals surface area contributed by atoms with E-state index in [0.29, 0.717) is 23.5 Å². The second-order valence-corrected chi connectivity index (χ2v) is 7.10. The Morgan fingerprint density at radius 2 is 1.70 bits per heavy atom. The van der Waals surface area contributed by atoms with Crippen LogP contribution in [0.3, 0.4) is 0 Å². The van der Waals surface area contributed by atoms with E-state index in [-0.39, 0.29) is 0 Å². The fourth-order valence-electron chi connectivity index (χ4n) is 3.18. The van der Waals surface area contributed by atoms with Gasteiger partial charge < -0.3 is 14.3 Å². The molecule has 4 nitrogen and oxygen atoms in total. The number of ether oxygens (including phenoxy) is 1. The van der Waals surface area contributed by atoms with Gasteiger partial charge in [-0.15, -0.1) is 0 Å². The molecular formula is C23H31NO3. The van der Waals surface area contributed by atoms with Crippen molar-refractivity contribution in [2.24, 2.45) is 0 Å². The van der Waals surface area contributed by atoms with E-state index in [4.69, 9.17) is 9.15 Å². The van der Waals surface area contributed by atoms with Crippen molar-refractivity contribution in [2.45, 2.75) is 45.9 Å². The summed E-state index contributed by atoms with van der Waals surface area (Å²) in [5.74, 6) is 2.14. The van der Waals surface area contributed by atoms with Crippen molar-refractivity contribution in [2.75, 3.05) is 13.7 Å². The topological polar surface area (TPSA) is 45.8 Å². The van der Waals surface area contributed by atoms with Gasteiger partial charge in [-0.3, -0.25) is 4.90 Å². The van der Waals surface area contributed by atoms with Crippen LogP contribution in [-0.4, -0.2) is 23.7 Å². The molecule has 1 aromatic heterocycles. The predicted molar refractivity (Wildman–Crippen MR) is 110 cm³/mol. The van der Waals surface area contributed by atoms with E-state index in [1.54, 1.807) is 21.0 Å². The van der Waals surface area contributed by atoms with Crippen molar-refractivity contribution in [3.8, 4) is 5.75 Å². The van der Waals surface area contributed by atoms with Crippen LogP contribution in [0, 0.1) is 0 Å². The summed E-state index contributed by atoms with van der Waals surface area (Å²) < 4.78 is 11.2. The molecule has 2 rings (SSSR count). The summed E-state index contributed by atoms with van der Waals surface area (Å²) in [6.45, 7) is 16.0. The van der Waals surface area contributed by atoms with Crippen LogP contribution in [0.25, 0.3) is 0 Å². The average Bonchev–Trinajstić information content (AvgIpc) is 3.10. The third-order valence-corrected chi connectivity index (χ3v) is 4.74. The quantitative estimate of drug-likeness (QED) is 0.596. The van der Waals surface area contributed by atoms with Crippen LogP contribution in [0.15, 0.2) is 65.1 Å². The first-order chi connectivity index (χ1) is 12.8. The molecule has 0 saturated heterocycles. The van der Waals surface area contributed by atoms with E-state index in [2.05, 4.69) is 37.1 Å². The molecular weight excluding hydrogens is 338 g/mol. The highest BCUT2D eigenvalue weighted by Crippen LogP contribution is 2.36. The van der Waals surface area contributed by atoms with Crippen LogP contribution in [-0.2, 0) is 18.7 Å². The summed E-state index contributed by atoms with van der Waals surface area (Å²) >= 11 is 0. The molecule has 0 atom stereocenters. The summed E-state index contributed by atoms with van der Waals surface area (Å²) in [6.07, 6.45) is 1.05. The first-order valence-corrected chi connectivity index (χ1v) is 9.30. The van der Waals surface area contributed by atoms with E-state index in [1.165, 1.54) is 5.56 Å². The van der Waals surface area contributed by atoms with Crippen molar-refractivity contribution < 1.29 is 14.3 Å². The number of methoxy groups -OCH3 is 1. The molecule has 1 heterocycles. The van der Waals surface area contributed by atoms with Crippen LogP contribution in [0.2, 0.25) is 0 Å². The maximum Gasteiger partial charge on any atom is 0.163 e. The lowest BCUT2D eigenvalue weighted by Crippen LogP contribution is -2.27. The molecule has 0 amide bonds. The lowest BCUT2D eigenvalue weighted by Gasteiger charge is -2.27. The molecule has 1 aromatic carbocycles. The Morgan fingerprint density at radius 3 is 2.22 bits per heavy atom. The van der Waals surface area contributed by atoms with E-state index < -0.39 is 5.60 Å². The molecule has 0 radical (unpaired) electrons. The third kappa shape index (κ3) is 4.90. The summed E-state index contributed by atoms with van der Waals surface area (Å²) in [7, 11) is 1.67. The van der Waals surface area contributed by atoms with Gasteiger partial charge in [-0.25, -0.2) is 0 Å². The van der Waals surface area contributed by atoms with Crippen molar-refractivity contribution in [1.82, 2.24) is 4.90 Å². The zero-order chi connectivity index (χ0) is 20.0. The van der Waals surface area contributed by atoms with Crippen molar-refractivity contribution in [1.29, 1.82) is 0 Å². The van der Waals surface area contributed by atoms with E-state index in [9.17, 15) is 5.11 Å². The van der Waals surface area contributed by atoms with Gasteiger partial charge in [0.25, 0.3) is 0 Å². The zero-order valence-corrected chi connectivity index (χ0v) is 16.9. The number of benzene rings is 1. The number of furan rings is 1. The Balaban J connectivity index is 2.15. The fourth-order valence-corrected chi connectivity index (χ4v) is 3.18. The van der Waals surface area contributed by atoms with Gasteiger partial charge in [0, 0.05) is 6.54 Å². The second kappa shape index (κ2) is 9.07. The van der Waals surface area contributed by atoms with Crippen LogP contribution in [0.4, 0.5) is 0 Å². The van der Waals surface area contributed by atoms with Crippen molar-refractivity contribution in [3.63, 3.8) is 0 Å². The molecule has 2 aromatic rings. The number of hydrogen-bond donors (Lipinski definition) is 1. The van der Waals surface area contributed by atoms with Gasteiger partial charge in [-0.2, -0.15) is 0 Å². The van der Waals surface area contributed by atoms with Gasteiger partial charge in [0.2, 0.25) is 0 Å². The standard InChI is InChI=1S/C23H31NO3/c1-7-14-24(15-19-8-10-20(26-6)11-9-19)16-21-12-13-22(27-21)23(25,17(2)3)18(4)5/h8-13,25H,2,4,7,14-16H2,1,3,5-6H3. The zero-order valence-electron chi connectivity index (χ0n) is 16.9. The first kappa shape index (κ1) is 21.0. The summed E-state index contributed by atoms with van der Waals surface area (Å²) in [5.41, 5.74) is 1.08. The average molecular weight is 370 g/mol. The Morgan fingerprint density at radius 1 is 1.07 bits per heavy atom. The molecule has 146 valence electrons. The van der Waals surface area contributed by atoms with Crippen molar-refractivity contribution in [3.05, 3.63) is 77.8 Å².